The number of nitrogens with zero attached hydrogens (tertiary/aromatic N) is 2. The lowest BCUT2D eigenvalue weighted by Crippen LogP contribution is -2.26. The Balaban J connectivity index is 2.57. The molecule has 1 heterocycles. The fourth-order valence-corrected chi connectivity index (χ4v) is 2.55. The van der Waals surface area contributed by atoms with E-state index in [1.807, 2.05) is 37.3 Å². The Morgan fingerprint density at radius 2 is 2.04 bits per heavy atom. The van der Waals surface area contributed by atoms with Gasteiger partial charge in [-0.15, -0.1) is 0 Å². The van der Waals surface area contributed by atoms with Gasteiger partial charge in [0.25, 0.3) is 5.56 Å². The van der Waals surface area contributed by atoms with Crippen LogP contribution in [0.5, 0.6) is 5.75 Å². The van der Waals surface area contributed by atoms with Gasteiger partial charge in [0.2, 0.25) is 0 Å². The van der Waals surface area contributed by atoms with Crippen LogP contribution in [-0.2, 0) is 13.0 Å². The first-order valence-electron chi connectivity index (χ1n) is 7.89. The molecule has 2 aromatic rings. The van der Waals surface area contributed by atoms with Gasteiger partial charge in [0.05, 0.1) is 24.8 Å². The van der Waals surface area contributed by atoms with Crippen molar-refractivity contribution in [3.05, 3.63) is 52.3 Å². The minimum atomic E-state index is -0.0837. The Labute approximate surface area is 137 Å². The highest BCUT2D eigenvalue weighted by Gasteiger charge is 2.12. The summed E-state index contributed by atoms with van der Waals surface area (Å²) in [6.45, 7) is 7.31. The summed E-state index contributed by atoms with van der Waals surface area (Å²) in [7, 11) is 0. The van der Waals surface area contributed by atoms with Gasteiger partial charge in [-0.2, -0.15) is 5.26 Å². The number of benzene rings is 1. The molecule has 0 unspecified atom stereocenters. The van der Waals surface area contributed by atoms with Gasteiger partial charge in [0, 0.05) is 17.7 Å². The number of pyridine rings is 1. The van der Waals surface area contributed by atoms with Crippen LogP contribution in [0.1, 0.15) is 26.3 Å². The van der Waals surface area contributed by atoms with Crippen LogP contribution in [0.15, 0.2) is 41.2 Å². The zero-order valence-corrected chi connectivity index (χ0v) is 13.9. The minimum absolute atomic E-state index is 0.0837. The Morgan fingerprint density at radius 1 is 1.26 bits per heavy atom. The lowest BCUT2D eigenvalue weighted by molar-refractivity contribution is 0.340. The first-order valence-corrected chi connectivity index (χ1v) is 7.89. The van der Waals surface area contributed by atoms with Crippen LogP contribution in [0.2, 0.25) is 0 Å². The third-order valence-corrected chi connectivity index (χ3v) is 3.51. The molecule has 0 aliphatic rings. The van der Waals surface area contributed by atoms with E-state index in [1.54, 1.807) is 10.6 Å². The van der Waals surface area contributed by atoms with Crippen LogP contribution in [0.3, 0.4) is 0 Å². The molecule has 1 aromatic heterocycles. The third-order valence-electron chi connectivity index (χ3n) is 3.51. The molecular formula is C19H22N2O2. The number of rotatable bonds is 6. The van der Waals surface area contributed by atoms with Crippen LogP contribution < -0.4 is 10.3 Å². The van der Waals surface area contributed by atoms with E-state index < -0.39 is 0 Å². The number of hydrogen-bond acceptors (Lipinski definition) is 3. The molecule has 0 saturated carbocycles. The highest BCUT2D eigenvalue weighted by Crippen LogP contribution is 2.24. The molecule has 4 heteroatoms. The molecule has 0 N–H and O–H groups in total. The van der Waals surface area contributed by atoms with E-state index >= 15 is 0 Å². The normalized spacial score (nSPS) is 10.6. The van der Waals surface area contributed by atoms with Gasteiger partial charge in [-0.1, -0.05) is 32.0 Å². The summed E-state index contributed by atoms with van der Waals surface area (Å²) in [6, 6.07) is 13.5. The number of nitriles is 1. The second-order valence-corrected chi connectivity index (χ2v) is 5.85. The molecule has 0 fully saturated rings. The smallest absolute Gasteiger partial charge is 0.255 e. The topological polar surface area (TPSA) is 55.0 Å². The number of ether oxygens (including phenoxy) is 1. The van der Waals surface area contributed by atoms with Crippen molar-refractivity contribution < 1.29 is 4.74 Å². The summed E-state index contributed by atoms with van der Waals surface area (Å²) in [6.07, 6.45) is 0.135. The Bertz CT molecular complexity index is 770. The van der Waals surface area contributed by atoms with Crippen LogP contribution in [-0.4, -0.2) is 11.2 Å². The zero-order valence-electron chi connectivity index (χ0n) is 13.9. The second-order valence-electron chi connectivity index (χ2n) is 5.85. The first kappa shape index (κ1) is 16.8. The molecule has 120 valence electrons. The molecule has 0 saturated heterocycles. The minimum Gasteiger partial charge on any atom is -0.494 e. The maximum atomic E-state index is 12.7. The van der Waals surface area contributed by atoms with Crippen LogP contribution in [0.25, 0.3) is 11.3 Å². The molecule has 1 aromatic carbocycles. The molecule has 0 bridgehead atoms. The predicted octanol–water partition coefficient (Wildman–Crippen LogP) is 3.64. The third kappa shape index (κ3) is 4.01. The second kappa shape index (κ2) is 7.64. The highest BCUT2D eigenvalue weighted by atomic mass is 16.5. The molecule has 0 aliphatic carbocycles. The van der Waals surface area contributed by atoms with Crippen LogP contribution in [0, 0.1) is 17.2 Å². The van der Waals surface area contributed by atoms with Crippen molar-refractivity contribution in [1.82, 2.24) is 4.57 Å². The molecule has 0 aliphatic heterocycles. The van der Waals surface area contributed by atoms with Crippen molar-refractivity contribution in [2.45, 2.75) is 33.7 Å². The Morgan fingerprint density at radius 3 is 2.70 bits per heavy atom. The van der Waals surface area contributed by atoms with Gasteiger partial charge in [0.15, 0.2) is 0 Å². The SMILES string of the molecule is CCOc1cccc(-c2ccc(CC#N)c(=O)n2CC(C)C)c1. The monoisotopic (exact) mass is 310 g/mol. The van der Waals surface area contributed by atoms with Gasteiger partial charge < -0.3 is 9.30 Å². The van der Waals surface area contributed by atoms with Crippen LogP contribution in [0.4, 0.5) is 0 Å². The summed E-state index contributed by atoms with van der Waals surface area (Å²) in [5, 5.41) is 8.88. The zero-order chi connectivity index (χ0) is 16.8. The standard InChI is InChI=1S/C19H22N2O2/c1-4-23-17-7-5-6-16(12-17)18-9-8-15(10-11-20)19(22)21(18)13-14(2)3/h5-9,12,14H,4,10,13H2,1-3H3. The average Bonchev–Trinajstić information content (AvgIpc) is 2.52. The van der Waals surface area contributed by atoms with E-state index in [1.165, 1.54) is 0 Å². The molecule has 0 spiro atoms. The lowest BCUT2D eigenvalue weighted by atomic mass is 10.1. The van der Waals surface area contributed by atoms with Crippen molar-refractivity contribution in [3.63, 3.8) is 0 Å². The van der Waals surface area contributed by atoms with Gasteiger partial charge in [0.1, 0.15) is 5.75 Å². The maximum absolute atomic E-state index is 12.7. The van der Waals surface area contributed by atoms with Crippen molar-refractivity contribution in [2.75, 3.05) is 6.61 Å². The predicted molar refractivity (Wildman–Crippen MR) is 91.5 cm³/mol. The van der Waals surface area contributed by atoms with Gasteiger partial charge in [-0.3, -0.25) is 4.79 Å². The van der Waals surface area contributed by atoms with E-state index in [0.29, 0.717) is 24.6 Å². The molecule has 23 heavy (non-hydrogen) atoms. The molecule has 2 rings (SSSR count). The van der Waals surface area contributed by atoms with E-state index in [4.69, 9.17) is 10.00 Å². The highest BCUT2D eigenvalue weighted by molar-refractivity contribution is 5.62. The van der Waals surface area contributed by atoms with Gasteiger partial charge in [-0.25, -0.2) is 0 Å². The average molecular weight is 310 g/mol. The summed E-state index contributed by atoms with van der Waals surface area (Å²) < 4.78 is 7.32. The Hall–Kier alpha value is -2.54. The summed E-state index contributed by atoms with van der Waals surface area (Å²) >= 11 is 0. The number of aromatic nitrogens is 1. The summed E-state index contributed by atoms with van der Waals surface area (Å²) in [5.74, 6) is 1.12. The van der Waals surface area contributed by atoms with E-state index in [0.717, 1.165) is 17.0 Å². The summed E-state index contributed by atoms with van der Waals surface area (Å²) in [5.41, 5.74) is 2.25. The number of hydrogen-bond donors (Lipinski definition) is 0. The quantitative estimate of drug-likeness (QED) is 0.818. The molecule has 0 amide bonds. The van der Waals surface area contributed by atoms with Crippen molar-refractivity contribution in [2.24, 2.45) is 5.92 Å². The largest absolute Gasteiger partial charge is 0.494 e. The molecule has 4 nitrogen and oxygen atoms in total. The van der Waals surface area contributed by atoms with Crippen LogP contribution >= 0.6 is 0 Å². The van der Waals surface area contributed by atoms with Gasteiger partial charge >= 0.3 is 0 Å². The van der Waals surface area contributed by atoms with Crippen molar-refractivity contribution >= 4 is 0 Å². The van der Waals surface area contributed by atoms with E-state index in [9.17, 15) is 4.79 Å². The molecule has 0 atom stereocenters. The lowest BCUT2D eigenvalue weighted by Gasteiger charge is -2.17. The van der Waals surface area contributed by atoms with Crippen molar-refractivity contribution in [1.29, 1.82) is 5.26 Å². The Kier molecular flexibility index (Phi) is 5.59. The van der Waals surface area contributed by atoms with E-state index in [-0.39, 0.29) is 12.0 Å². The van der Waals surface area contributed by atoms with E-state index in [2.05, 4.69) is 19.9 Å². The fourth-order valence-electron chi connectivity index (χ4n) is 2.55. The maximum Gasteiger partial charge on any atom is 0.255 e. The fraction of sp³-hybridized carbons (Fsp3) is 0.368. The van der Waals surface area contributed by atoms with Crippen molar-refractivity contribution in [3.8, 4) is 23.1 Å². The molecule has 0 radical (unpaired) electrons. The summed E-state index contributed by atoms with van der Waals surface area (Å²) in [4.78, 5) is 12.7. The van der Waals surface area contributed by atoms with Gasteiger partial charge in [-0.05, 0) is 31.0 Å². The molecular weight excluding hydrogens is 288 g/mol. The first-order chi connectivity index (χ1) is 11.1.